The van der Waals surface area contributed by atoms with E-state index in [1.165, 1.54) is 5.57 Å². The number of carbonyl (C=O) groups excluding carboxylic acids is 1. The summed E-state index contributed by atoms with van der Waals surface area (Å²) in [6.07, 6.45) is 9.74. The number of carbonyl (C=O) groups is 2. The first-order valence-corrected chi connectivity index (χ1v) is 11.6. The summed E-state index contributed by atoms with van der Waals surface area (Å²) in [5.41, 5.74) is 4.27. The number of esters is 1. The molecule has 1 rings (SSSR count). The van der Waals surface area contributed by atoms with E-state index in [0.717, 1.165) is 61.6 Å². The molecule has 0 fully saturated rings. The second-order valence-corrected chi connectivity index (χ2v) is 8.22. The summed E-state index contributed by atoms with van der Waals surface area (Å²) < 4.78 is 17.0. The van der Waals surface area contributed by atoms with Gasteiger partial charge in [-0.05, 0) is 63.1 Å². The van der Waals surface area contributed by atoms with Crippen LogP contribution in [-0.2, 0) is 81.4 Å². The van der Waals surface area contributed by atoms with Gasteiger partial charge in [-0.2, -0.15) is 0 Å². The number of rotatable bonds is 15. The number of hydrogen-bond donors (Lipinski definition) is 1. The van der Waals surface area contributed by atoms with E-state index in [9.17, 15) is 9.59 Å². The standard InChI is InChI=1S/C26H40O6.2Y/c1-7-18(2)16-17-21-19(3)24(30-5)26(31-6)25(20(21)4)32-23(29)15-13-11-9-8-10-12-14-22(27)28;;/h16H,7-15,17H2,1-6H3,(H,27,28);;/b18-16+;;. The molecular weight excluding hydrogens is 586 g/mol. The molecule has 1 aromatic rings. The van der Waals surface area contributed by atoms with E-state index in [1.54, 1.807) is 14.2 Å². The van der Waals surface area contributed by atoms with Gasteiger partial charge < -0.3 is 19.3 Å². The first kappa shape index (κ1) is 35.9. The van der Waals surface area contributed by atoms with E-state index in [0.29, 0.717) is 30.1 Å². The number of carboxylic acid groups (broad SMARTS) is 1. The number of aliphatic carboxylic acids is 1. The average Bonchev–Trinajstić information content (AvgIpc) is 2.76. The van der Waals surface area contributed by atoms with Crippen molar-refractivity contribution >= 4 is 11.9 Å². The largest absolute Gasteiger partial charge is 0.492 e. The molecule has 0 unspecified atom stereocenters. The smallest absolute Gasteiger partial charge is 0.311 e. The third kappa shape index (κ3) is 12.1. The first-order chi connectivity index (χ1) is 15.3. The maximum Gasteiger partial charge on any atom is 0.311 e. The molecule has 6 nitrogen and oxygen atoms in total. The fraction of sp³-hybridized carbons (Fsp3) is 0.615. The molecule has 1 N–H and O–H groups in total. The van der Waals surface area contributed by atoms with Crippen LogP contribution in [0.25, 0.3) is 0 Å². The SMILES string of the molecule is CC/C(C)=C/Cc1c(C)c(OC)c(OC)c(OC(=O)CCCCCCCCC(=O)O)c1C.[Y].[Y]. The Morgan fingerprint density at radius 1 is 0.824 bits per heavy atom. The maximum absolute atomic E-state index is 12.6. The van der Waals surface area contributed by atoms with Crippen LogP contribution in [0.2, 0.25) is 0 Å². The molecule has 8 heteroatoms. The van der Waals surface area contributed by atoms with E-state index in [4.69, 9.17) is 19.3 Å². The van der Waals surface area contributed by atoms with Gasteiger partial charge in [-0.3, -0.25) is 9.59 Å². The summed E-state index contributed by atoms with van der Waals surface area (Å²) in [6.45, 7) is 8.20. The average molecular weight is 626 g/mol. The van der Waals surface area contributed by atoms with Crippen LogP contribution in [0.5, 0.6) is 17.2 Å². The fourth-order valence-electron chi connectivity index (χ4n) is 3.70. The summed E-state index contributed by atoms with van der Waals surface area (Å²) in [6, 6.07) is 0. The molecule has 34 heavy (non-hydrogen) atoms. The summed E-state index contributed by atoms with van der Waals surface area (Å²) in [5, 5.41) is 8.65. The molecule has 0 aliphatic carbocycles. The van der Waals surface area contributed by atoms with E-state index >= 15 is 0 Å². The van der Waals surface area contributed by atoms with Crippen molar-refractivity contribution in [1.29, 1.82) is 0 Å². The van der Waals surface area contributed by atoms with Crippen molar-refractivity contribution in [2.24, 2.45) is 0 Å². The predicted octanol–water partition coefficient (Wildman–Crippen LogP) is 6.33. The molecule has 0 atom stereocenters. The van der Waals surface area contributed by atoms with Crippen molar-refractivity contribution in [2.45, 2.75) is 91.9 Å². The summed E-state index contributed by atoms with van der Waals surface area (Å²) in [5.74, 6) is 0.459. The Bertz CT molecular complexity index is 805. The topological polar surface area (TPSA) is 82.1 Å². The number of allylic oxidation sites excluding steroid dienone is 2. The zero-order valence-electron chi connectivity index (χ0n) is 21.8. The minimum absolute atomic E-state index is 0. The Balaban J connectivity index is 0. The van der Waals surface area contributed by atoms with Crippen molar-refractivity contribution in [2.75, 3.05) is 14.2 Å². The Hall–Kier alpha value is -0.292. The van der Waals surface area contributed by atoms with Gasteiger partial charge >= 0.3 is 11.9 Å². The van der Waals surface area contributed by atoms with Crippen molar-refractivity contribution in [3.05, 3.63) is 28.3 Å². The van der Waals surface area contributed by atoms with E-state index < -0.39 is 5.97 Å². The number of methoxy groups -OCH3 is 2. The molecule has 0 amide bonds. The molecule has 186 valence electrons. The number of hydrogen-bond acceptors (Lipinski definition) is 5. The second kappa shape index (κ2) is 19.8. The first-order valence-electron chi connectivity index (χ1n) is 11.6. The van der Waals surface area contributed by atoms with Crippen LogP contribution in [0.1, 0.15) is 88.3 Å². The number of ether oxygens (including phenoxy) is 3. The van der Waals surface area contributed by atoms with Crippen molar-refractivity contribution < 1.29 is 94.3 Å². The zero-order valence-corrected chi connectivity index (χ0v) is 27.5. The molecule has 1 aromatic carbocycles. The van der Waals surface area contributed by atoms with Crippen LogP contribution in [0.15, 0.2) is 11.6 Å². The summed E-state index contributed by atoms with van der Waals surface area (Å²) >= 11 is 0. The van der Waals surface area contributed by atoms with Gasteiger partial charge in [-0.1, -0.05) is 44.3 Å². The predicted molar refractivity (Wildman–Crippen MR) is 127 cm³/mol. The van der Waals surface area contributed by atoms with E-state index in [-0.39, 0.29) is 77.8 Å². The van der Waals surface area contributed by atoms with Gasteiger partial charge in [0, 0.05) is 78.3 Å². The molecular formula is C26H40O6Y2. The van der Waals surface area contributed by atoms with E-state index in [1.807, 2.05) is 13.8 Å². The van der Waals surface area contributed by atoms with Crippen LogP contribution < -0.4 is 14.2 Å². The summed E-state index contributed by atoms with van der Waals surface area (Å²) in [4.78, 5) is 23.1. The normalized spacial score (nSPS) is 10.7. The Morgan fingerprint density at radius 3 is 1.82 bits per heavy atom. The second-order valence-electron chi connectivity index (χ2n) is 8.22. The number of unbranched alkanes of at least 4 members (excludes halogenated alkanes) is 5. The minimum atomic E-state index is -0.745. The molecule has 0 bridgehead atoms. The van der Waals surface area contributed by atoms with Crippen LogP contribution in [0, 0.1) is 13.8 Å². The molecule has 0 aliphatic rings. The third-order valence-corrected chi connectivity index (χ3v) is 5.86. The van der Waals surface area contributed by atoms with Crippen LogP contribution in [0.4, 0.5) is 0 Å². The monoisotopic (exact) mass is 626 g/mol. The van der Waals surface area contributed by atoms with Crippen LogP contribution in [-0.4, -0.2) is 31.3 Å². The molecule has 0 saturated heterocycles. The van der Waals surface area contributed by atoms with Gasteiger partial charge in [-0.15, -0.1) is 0 Å². The van der Waals surface area contributed by atoms with Gasteiger partial charge in [0.2, 0.25) is 5.75 Å². The van der Waals surface area contributed by atoms with E-state index in [2.05, 4.69) is 19.9 Å². The number of benzene rings is 1. The molecule has 0 saturated carbocycles. The van der Waals surface area contributed by atoms with Gasteiger partial charge in [0.15, 0.2) is 11.5 Å². The molecule has 0 aliphatic heterocycles. The van der Waals surface area contributed by atoms with Crippen molar-refractivity contribution in [3.63, 3.8) is 0 Å². The Kier molecular flexibility index (Phi) is 20.9. The van der Waals surface area contributed by atoms with Crippen LogP contribution >= 0.6 is 0 Å². The van der Waals surface area contributed by atoms with Crippen molar-refractivity contribution in [1.82, 2.24) is 0 Å². The fourth-order valence-corrected chi connectivity index (χ4v) is 3.70. The number of carboxylic acids is 1. The molecule has 0 spiro atoms. The minimum Gasteiger partial charge on any atom is -0.492 e. The quantitative estimate of drug-likeness (QED) is 0.106. The third-order valence-electron chi connectivity index (χ3n) is 5.86. The molecule has 0 aromatic heterocycles. The van der Waals surface area contributed by atoms with Crippen molar-refractivity contribution in [3.8, 4) is 17.2 Å². The Labute approximate surface area is 255 Å². The van der Waals surface area contributed by atoms with Gasteiger partial charge in [-0.25, -0.2) is 0 Å². The summed E-state index contributed by atoms with van der Waals surface area (Å²) in [7, 11) is 3.15. The Morgan fingerprint density at radius 2 is 1.32 bits per heavy atom. The maximum atomic E-state index is 12.6. The van der Waals surface area contributed by atoms with Gasteiger partial charge in [0.05, 0.1) is 14.2 Å². The molecule has 2 radical (unpaired) electrons. The zero-order chi connectivity index (χ0) is 24.1. The molecule has 0 heterocycles. The van der Waals surface area contributed by atoms with Gasteiger partial charge in [0.25, 0.3) is 0 Å². The van der Waals surface area contributed by atoms with Crippen LogP contribution in [0.3, 0.4) is 0 Å². The van der Waals surface area contributed by atoms with Gasteiger partial charge in [0.1, 0.15) is 0 Å².